The molecule has 1 rings (SSSR count). The van der Waals surface area contributed by atoms with Crippen LogP contribution in [0.5, 0.6) is 5.75 Å². The van der Waals surface area contributed by atoms with Crippen LogP contribution in [-0.2, 0) is 4.74 Å². The number of rotatable bonds is 7. The molecule has 0 atom stereocenters. The van der Waals surface area contributed by atoms with Gasteiger partial charge in [0.25, 0.3) is 5.91 Å². The summed E-state index contributed by atoms with van der Waals surface area (Å²) in [6.45, 7) is 5.22. The minimum atomic E-state index is -0.311. The number of hydrogen-bond acceptors (Lipinski definition) is 4. The Labute approximate surface area is 113 Å². The van der Waals surface area contributed by atoms with E-state index < -0.39 is 0 Å². The van der Waals surface area contributed by atoms with Crippen molar-refractivity contribution in [3.05, 3.63) is 23.8 Å². The number of benzene rings is 1. The molecule has 0 saturated carbocycles. The highest BCUT2D eigenvalue weighted by molar-refractivity contribution is 5.98. The van der Waals surface area contributed by atoms with Crippen LogP contribution in [0.1, 0.15) is 37.0 Å². The van der Waals surface area contributed by atoms with E-state index in [0.29, 0.717) is 13.2 Å². The molecule has 0 aromatic heterocycles. The number of carbonyl (C=O) groups excluding carboxylic acids is 1. The van der Waals surface area contributed by atoms with Crippen molar-refractivity contribution in [2.24, 2.45) is 0 Å². The lowest BCUT2D eigenvalue weighted by atomic mass is 10.1. The van der Waals surface area contributed by atoms with Crippen LogP contribution < -0.4 is 11.1 Å². The fourth-order valence-corrected chi connectivity index (χ4v) is 1.59. The van der Waals surface area contributed by atoms with Crippen LogP contribution in [0.4, 0.5) is 5.69 Å². The first-order valence-corrected chi connectivity index (χ1v) is 6.49. The molecular formula is C14H22N2O3. The first-order chi connectivity index (χ1) is 9.02. The Bertz CT molecular complexity index is 419. The zero-order chi connectivity index (χ0) is 14.3. The maximum Gasteiger partial charge on any atom is 0.255 e. The molecule has 4 N–H and O–H groups in total. The second-order valence-corrected chi connectivity index (χ2v) is 4.63. The van der Waals surface area contributed by atoms with Gasteiger partial charge in [-0.3, -0.25) is 4.79 Å². The van der Waals surface area contributed by atoms with Crippen LogP contribution in [0.15, 0.2) is 18.2 Å². The minimum absolute atomic E-state index is 0.164. The van der Waals surface area contributed by atoms with Crippen LogP contribution in [-0.4, -0.2) is 30.3 Å². The molecule has 19 heavy (non-hydrogen) atoms. The second kappa shape index (κ2) is 7.63. The molecule has 0 aliphatic rings. The first kappa shape index (κ1) is 15.3. The quantitative estimate of drug-likeness (QED) is 0.400. The van der Waals surface area contributed by atoms with Crippen molar-refractivity contribution in [2.45, 2.75) is 32.8 Å². The lowest BCUT2D eigenvalue weighted by Crippen LogP contribution is -2.25. The standard InChI is InChI=1S/C14H22N2O3/c1-10(2)19-9-4-3-8-16-14(18)11-6-5-7-12(15)13(11)17/h5-7,10,17H,3-4,8-9,15H2,1-2H3,(H,16,18). The molecule has 0 unspecified atom stereocenters. The summed E-state index contributed by atoms with van der Waals surface area (Å²) in [5.41, 5.74) is 5.95. The SMILES string of the molecule is CC(C)OCCCCNC(=O)c1cccc(N)c1O. The van der Waals surface area contributed by atoms with Gasteiger partial charge >= 0.3 is 0 Å². The molecule has 0 bridgehead atoms. The third-order valence-electron chi connectivity index (χ3n) is 2.62. The average molecular weight is 266 g/mol. The molecule has 1 aromatic rings. The van der Waals surface area contributed by atoms with Crippen LogP contribution in [0, 0.1) is 0 Å². The number of ether oxygens (including phenoxy) is 1. The Morgan fingerprint density at radius 1 is 1.42 bits per heavy atom. The Morgan fingerprint density at radius 3 is 2.84 bits per heavy atom. The van der Waals surface area contributed by atoms with Gasteiger partial charge in [0.15, 0.2) is 5.75 Å². The number of nitrogens with one attached hydrogen (secondary N) is 1. The number of aromatic hydroxyl groups is 1. The number of nitrogen functional groups attached to an aromatic ring is 1. The normalized spacial score (nSPS) is 10.7. The summed E-state index contributed by atoms with van der Waals surface area (Å²) >= 11 is 0. The monoisotopic (exact) mass is 266 g/mol. The second-order valence-electron chi connectivity index (χ2n) is 4.63. The Balaban J connectivity index is 2.30. The molecule has 0 saturated heterocycles. The number of amides is 1. The summed E-state index contributed by atoms with van der Waals surface area (Å²) in [6, 6.07) is 4.73. The Hall–Kier alpha value is -1.75. The highest BCUT2D eigenvalue weighted by atomic mass is 16.5. The van der Waals surface area contributed by atoms with Gasteiger partial charge in [-0.1, -0.05) is 6.07 Å². The highest BCUT2D eigenvalue weighted by Crippen LogP contribution is 2.23. The van der Waals surface area contributed by atoms with E-state index in [0.717, 1.165) is 12.8 Å². The molecule has 0 fully saturated rings. The van der Waals surface area contributed by atoms with Gasteiger partial charge in [0.05, 0.1) is 17.4 Å². The third kappa shape index (κ3) is 5.18. The topological polar surface area (TPSA) is 84.6 Å². The van der Waals surface area contributed by atoms with Gasteiger partial charge in [0.2, 0.25) is 0 Å². The first-order valence-electron chi connectivity index (χ1n) is 6.49. The van der Waals surface area contributed by atoms with Crippen molar-refractivity contribution < 1.29 is 14.6 Å². The largest absolute Gasteiger partial charge is 0.505 e. The number of carbonyl (C=O) groups is 1. The minimum Gasteiger partial charge on any atom is -0.505 e. The molecule has 0 heterocycles. The number of hydrogen-bond donors (Lipinski definition) is 3. The number of anilines is 1. The van der Waals surface area contributed by atoms with E-state index in [4.69, 9.17) is 10.5 Å². The Morgan fingerprint density at radius 2 is 2.16 bits per heavy atom. The number of phenols is 1. The van der Waals surface area contributed by atoms with E-state index in [1.54, 1.807) is 18.2 Å². The predicted octanol–water partition coefficient (Wildman–Crippen LogP) is 1.91. The van der Waals surface area contributed by atoms with Gasteiger partial charge in [-0.25, -0.2) is 0 Å². The summed E-state index contributed by atoms with van der Waals surface area (Å²) in [5.74, 6) is -0.474. The van der Waals surface area contributed by atoms with Gasteiger partial charge < -0.3 is 20.9 Å². The summed E-state index contributed by atoms with van der Waals surface area (Å²) in [7, 11) is 0. The van der Waals surface area contributed by atoms with E-state index in [9.17, 15) is 9.90 Å². The van der Waals surface area contributed by atoms with Crippen molar-refractivity contribution in [3.8, 4) is 5.75 Å². The van der Waals surface area contributed by atoms with Crippen LogP contribution in [0.25, 0.3) is 0 Å². The van der Waals surface area contributed by atoms with Crippen molar-refractivity contribution in [2.75, 3.05) is 18.9 Å². The van der Waals surface area contributed by atoms with Crippen LogP contribution in [0.2, 0.25) is 0 Å². The summed E-state index contributed by atoms with van der Waals surface area (Å²) in [5, 5.41) is 12.4. The molecular weight excluding hydrogens is 244 g/mol. The number of phenolic OH excluding ortho intramolecular Hbond substituents is 1. The average Bonchev–Trinajstić information content (AvgIpc) is 2.36. The molecule has 0 aliphatic carbocycles. The lowest BCUT2D eigenvalue weighted by Gasteiger charge is -2.09. The summed E-state index contributed by atoms with van der Waals surface area (Å²) in [6.07, 6.45) is 1.96. The fourth-order valence-electron chi connectivity index (χ4n) is 1.59. The molecule has 5 nitrogen and oxygen atoms in total. The summed E-state index contributed by atoms with van der Waals surface area (Å²) in [4.78, 5) is 11.8. The summed E-state index contributed by atoms with van der Waals surface area (Å²) < 4.78 is 5.40. The van der Waals surface area contributed by atoms with E-state index in [1.165, 1.54) is 0 Å². The molecule has 0 radical (unpaired) electrons. The molecule has 0 aliphatic heterocycles. The van der Waals surface area contributed by atoms with Crippen LogP contribution in [0.3, 0.4) is 0 Å². The molecule has 1 aromatic carbocycles. The van der Waals surface area contributed by atoms with E-state index in [-0.39, 0.29) is 29.0 Å². The van der Waals surface area contributed by atoms with Crippen molar-refractivity contribution in [1.82, 2.24) is 5.32 Å². The smallest absolute Gasteiger partial charge is 0.255 e. The van der Waals surface area contributed by atoms with E-state index in [2.05, 4.69) is 5.32 Å². The molecule has 1 amide bonds. The van der Waals surface area contributed by atoms with E-state index in [1.807, 2.05) is 13.8 Å². The van der Waals surface area contributed by atoms with Gasteiger partial charge in [0, 0.05) is 13.2 Å². The zero-order valence-electron chi connectivity index (χ0n) is 11.5. The Kier molecular flexibility index (Phi) is 6.15. The number of unbranched alkanes of at least 4 members (excludes halogenated alkanes) is 1. The highest BCUT2D eigenvalue weighted by Gasteiger charge is 2.11. The maximum absolute atomic E-state index is 11.8. The van der Waals surface area contributed by atoms with Crippen LogP contribution >= 0.6 is 0 Å². The maximum atomic E-state index is 11.8. The fraction of sp³-hybridized carbons (Fsp3) is 0.500. The van der Waals surface area contributed by atoms with Gasteiger partial charge in [-0.05, 0) is 38.8 Å². The van der Waals surface area contributed by atoms with Crippen molar-refractivity contribution in [3.63, 3.8) is 0 Å². The van der Waals surface area contributed by atoms with Crippen molar-refractivity contribution in [1.29, 1.82) is 0 Å². The lowest BCUT2D eigenvalue weighted by molar-refractivity contribution is 0.0754. The predicted molar refractivity (Wildman–Crippen MR) is 75.2 cm³/mol. The number of para-hydroxylation sites is 1. The molecule has 0 spiro atoms. The molecule has 106 valence electrons. The zero-order valence-corrected chi connectivity index (χ0v) is 11.5. The van der Waals surface area contributed by atoms with E-state index >= 15 is 0 Å². The number of nitrogens with two attached hydrogens (primary N) is 1. The van der Waals surface area contributed by atoms with Gasteiger partial charge in [-0.15, -0.1) is 0 Å². The van der Waals surface area contributed by atoms with Gasteiger partial charge in [0.1, 0.15) is 0 Å². The van der Waals surface area contributed by atoms with Gasteiger partial charge in [-0.2, -0.15) is 0 Å². The van der Waals surface area contributed by atoms with Crippen molar-refractivity contribution >= 4 is 11.6 Å². The molecule has 5 heteroatoms. The third-order valence-corrected chi connectivity index (χ3v) is 2.62.